The van der Waals surface area contributed by atoms with Crippen molar-refractivity contribution >= 4 is 11.8 Å². The van der Waals surface area contributed by atoms with E-state index in [2.05, 4.69) is 0 Å². The highest BCUT2D eigenvalue weighted by atomic mass is 16.3. The first kappa shape index (κ1) is 17.7. The molecule has 1 aromatic heterocycles. The van der Waals surface area contributed by atoms with Gasteiger partial charge in [-0.05, 0) is 23.6 Å². The van der Waals surface area contributed by atoms with Gasteiger partial charge in [0.1, 0.15) is 0 Å². The summed E-state index contributed by atoms with van der Waals surface area (Å²) in [6.45, 7) is 3.97. The van der Waals surface area contributed by atoms with Crippen molar-refractivity contribution in [1.82, 2.24) is 9.97 Å². The molecule has 2 heterocycles. The second-order valence-electron chi connectivity index (χ2n) is 7.29. The van der Waals surface area contributed by atoms with Gasteiger partial charge in [0.2, 0.25) is 10.9 Å². The Bertz CT molecular complexity index is 1350. The monoisotopic (exact) mass is 378 g/mol. The first-order valence-corrected chi connectivity index (χ1v) is 8.57. The number of aromatic amines is 2. The number of anilines is 1. The molecule has 8 heteroatoms. The molecule has 0 fully saturated rings. The molecule has 1 aliphatic rings. The molecule has 4 rings (SSSR count). The van der Waals surface area contributed by atoms with Gasteiger partial charge < -0.3 is 15.0 Å². The molecular formula is C20H16N3O5-. The van der Waals surface area contributed by atoms with Crippen molar-refractivity contribution in [3.8, 4) is 17.0 Å². The highest BCUT2D eigenvalue weighted by Gasteiger charge is 2.39. The Morgan fingerprint density at radius 2 is 1.68 bits per heavy atom. The van der Waals surface area contributed by atoms with Gasteiger partial charge in [-0.3, -0.25) is 19.4 Å². The summed E-state index contributed by atoms with van der Waals surface area (Å²) in [6.07, 6.45) is 1.54. The minimum Gasteiger partial charge on any atom is -0.860 e. The first-order valence-electron chi connectivity index (χ1n) is 8.57. The number of nitrogens with zero attached hydrogens (tertiary/aromatic N) is 1. The molecule has 0 bridgehead atoms. The Hall–Kier alpha value is -3.68. The van der Waals surface area contributed by atoms with E-state index in [0.29, 0.717) is 0 Å². The molecule has 3 aromatic rings. The third-order valence-corrected chi connectivity index (χ3v) is 5.33. The molecule has 0 atom stereocenters. The number of para-hydroxylation sites is 1. The van der Waals surface area contributed by atoms with Crippen LogP contribution in [0, 0.1) is 0 Å². The van der Waals surface area contributed by atoms with E-state index in [-0.39, 0.29) is 11.1 Å². The Labute approximate surface area is 158 Å². The van der Waals surface area contributed by atoms with E-state index in [9.17, 15) is 24.3 Å². The number of rotatable bonds is 2. The number of benzene rings is 1. The molecule has 2 N–H and O–H groups in total. The van der Waals surface area contributed by atoms with Crippen LogP contribution in [0.25, 0.3) is 17.2 Å². The SMILES string of the molecule is CN1C(=Cc2c(-c3c([O-])[nH]c(=O)[nH]c3=O)c(=O)c2=O)C(C)(C)c2ccccc21. The lowest BCUT2D eigenvalue weighted by Gasteiger charge is -2.25. The van der Waals surface area contributed by atoms with Gasteiger partial charge in [-0.1, -0.05) is 32.0 Å². The van der Waals surface area contributed by atoms with Gasteiger partial charge in [-0.15, -0.1) is 0 Å². The summed E-state index contributed by atoms with van der Waals surface area (Å²) in [5.74, 6) is -0.997. The van der Waals surface area contributed by atoms with Gasteiger partial charge in [0.05, 0.1) is 11.1 Å². The number of H-pyrrole nitrogens is 2. The van der Waals surface area contributed by atoms with Crippen molar-refractivity contribution in [2.45, 2.75) is 19.3 Å². The first-order chi connectivity index (χ1) is 13.1. The van der Waals surface area contributed by atoms with Crippen LogP contribution in [-0.4, -0.2) is 17.0 Å². The average molecular weight is 378 g/mol. The van der Waals surface area contributed by atoms with E-state index in [0.717, 1.165) is 16.9 Å². The summed E-state index contributed by atoms with van der Waals surface area (Å²) >= 11 is 0. The lowest BCUT2D eigenvalue weighted by Crippen LogP contribution is -2.39. The zero-order chi connectivity index (χ0) is 20.4. The number of hydrogen-bond donors (Lipinski definition) is 2. The molecular weight excluding hydrogens is 362 g/mol. The highest BCUT2D eigenvalue weighted by Crippen LogP contribution is 2.47. The van der Waals surface area contributed by atoms with E-state index in [1.807, 2.05) is 60.0 Å². The van der Waals surface area contributed by atoms with Crippen LogP contribution >= 0.6 is 0 Å². The number of likely N-dealkylation sites (N-methyl/N-ethyl adjacent to an activating group) is 1. The quantitative estimate of drug-likeness (QED) is 0.612. The van der Waals surface area contributed by atoms with Crippen LogP contribution in [-0.2, 0) is 5.41 Å². The molecule has 0 amide bonds. The Balaban J connectivity index is 1.95. The van der Waals surface area contributed by atoms with Crippen molar-refractivity contribution in [3.05, 3.63) is 82.4 Å². The molecule has 8 nitrogen and oxygen atoms in total. The van der Waals surface area contributed by atoms with Crippen LogP contribution < -0.4 is 32.1 Å². The predicted octanol–water partition coefficient (Wildman–Crippen LogP) is 0.168. The molecule has 0 saturated heterocycles. The fraction of sp³-hybridized carbons (Fsp3) is 0.200. The summed E-state index contributed by atoms with van der Waals surface area (Å²) in [5.41, 5.74) is -2.15. The van der Waals surface area contributed by atoms with Gasteiger partial charge in [-0.2, -0.15) is 0 Å². The average Bonchev–Trinajstić information content (AvgIpc) is 2.83. The zero-order valence-corrected chi connectivity index (χ0v) is 15.4. The number of fused-ring (bicyclic) bond motifs is 1. The van der Waals surface area contributed by atoms with Gasteiger partial charge in [0.25, 0.3) is 5.56 Å². The van der Waals surface area contributed by atoms with E-state index in [1.54, 1.807) is 6.08 Å². The van der Waals surface area contributed by atoms with E-state index < -0.39 is 39.0 Å². The molecule has 0 unspecified atom stereocenters. The second-order valence-corrected chi connectivity index (χ2v) is 7.29. The normalized spacial score (nSPS) is 16.7. The van der Waals surface area contributed by atoms with Gasteiger partial charge in [-0.25, -0.2) is 4.79 Å². The minimum absolute atomic E-state index is 0.0117. The second kappa shape index (κ2) is 5.66. The predicted molar refractivity (Wildman–Crippen MR) is 103 cm³/mol. The van der Waals surface area contributed by atoms with Crippen LogP contribution in [0.1, 0.15) is 25.0 Å². The van der Waals surface area contributed by atoms with Gasteiger partial charge >= 0.3 is 5.69 Å². The Morgan fingerprint density at radius 3 is 2.32 bits per heavy atom. The molecule has 0 aliphatic carbocycles. The van der Waals surface area contributed by atoms with Crippen molar-refractivity contribution in [1.29, 1.82) is 0 Å². The number of aromatic nitrogens is 2. The van der Waals surface area contributed by atoms with Crippen molar-refractivity contribution in [3.63, 3.8) is 0 Å². The summed E-state index contributed by atoms with van der Waals surface area (Å²) < 4.78 is 0. The fourth-order valence-electron chi connectivity index (χ4n) is 3.88. The fourth-order valence-corrected chi connectivity index (χ4v) is 3.88. The van der Waals surface area contributed by atoms with E-state index >= 15 is 0 Å². The minimum atomic E-state index is -0.997. The van der Waals surface area contributed by atoms with Crippen LogP contribution in [0.15, 0.2) is 49.1 Å². The smallest absolute Gasteiger partial charge is 0.325 e. The van der Waals surface area contributed by atoms with Gasteiger partial charge in [0.15, 0.2) is 0 Å². The van der Waals surface area contributed by atoms with Gasteiger partial charge in [0, 0.05) is 29.4 Å². The van der Waals surface area contributed by atoms with E-state index in [1.165, 1.54) is 0 Å². The maximum atomic E-state index is 12.3. The molecule has 2 aromatic carbocycles. The molecule has 1 aliphatic heterocycles. The highest BCUT2D eigenvalue weighted by molar-refractivity contribution is 5.84. The Morgan fingerprint density at radius 1 is 1.00 bits per heavy atom. The van der Waals surface area contributed by atoms with Crippen molar-refractivity contribution in [2.75, 3.05) is 11.9 Å². The van der Waals surface area contributed by atoms with Crippen LogP contribution in [0.4, 0.5) is 5.69 Å². The van der Waals surface area contributed by atoms with Crippen LogP contribution in [0.5, 0.6) is 5.88 Å². The topological polar surface area (TPSA) is 126 Å². The maximum absolute atomic E-state index is 12.3. The van der Waals surface area contributed by atoms with E-state index in [4.69, 9.17) is 0 Å². The largest absolute Gasteiger partial charge is 0.860 e. The van der Waals surface area contributed by atoms with Crippen molar-refractivity contribution in [2.24, 2.45) is 0 Å². The maximum Gasteiger partial charge on any atom is 0.325 e. The standard InChI is InChI=1S/C20H17N3O5/c1-20(2)10-6-4-5-7-11(10)23(3)12(20)8-9-13(16(25)15(9)24)14-17(26)21-19(28)22-18(14)27/h4-8H,1-3H3,(H3,21,22,26,27,28)/p-1. The summed E-state index contributed by atoms with van der Waals surface area (Å²) in [7, 11) is 1.84. The summed E-state index contributed by atoms with van der Waals surface area (Å²) in [5, 5.41) is 12.1. The number of hydrogen-bond acceptors (Lipinski definition) is 6. The Kier molecular flexibility index (Phi) is 3.58. The third kappa shape index (κ3) is 2.24. The molecule has 142 valence electrons. The molecule has 0 spiro atoms. The lowest BCUT2D eigenvalue weighted by atomic mass is 9.82. The van der Waals surface area contributed by atoms with Crippen LogP contribution in [0.3, 0.4) is 0 Å². The lowest BCUT2D eigenvalue weighted by molar-refractivity contribution is -0.274. The molecule has 0 radical (unpaired) electrons. The summed E-state index contributed by atoms with van der Waals surface area (Å²) in [4.78, 5) is 53.5. The molecule has 0 saturated carbocycles. The van der Waals surface area contributed by atoms with Crippen LogP contribution in [0.2, 0.25) is 0 Å². The molecule has 28 heavy (non-hydrogen) atoms. The van der Waals surface area contributed by atoms with Crippen molar-refractivity contribution < 1.29 is 5.11 Å². The number of nitrogens with one attached hydrogen (secondary N) is 2. The third-order valence-electron chi connectivity index (χ3n) is 5.33. The number of allylic oxidation sites excluding steroid dienone is 1. The zero-order valence-electron chi connectivity index (χ0n) is 15.4. The summed E-state index contributed by atoms with van der Waals surface area (Å²) in [6, 6.07) is 7.76.